The van der Waals surface area contributed by atoms with Crippen molar-refractivity contribution in [3.05, 3.63) is 48.5 Å². The zero-order valence-electron chi connectivity index (χ0n) is 14.8. The Morgan fingerprint density at radius 1 is 1.12 bits per heavy atom. The van der Waals surface area contributed by atoms with Crippen LogP contribution >= 0.6 is 0 Å². The Morgan fingerprint density at radius 2 is 1.64 bits per heavy atom. The van der Waals surface area contributed by atoms with E-state index in [0.29, 0.717) is 13.1 Å². The van der Waals surface area contributed by atoms with Gasteiger partial charge >= 0.3 is 5.97 Å². The normalized spacial score (nSPS) is 13.3. The molecule has 1 unspecified atom stereocenters. The predicted octanol–water partition coefficient (Wildman–Crippen LogP) is 2.70. The molecule has 0 saturated heterocycles. The summed E-state index contributed by atoms with van der Waals surface area (Å²) >= 11 is 0. The smallest absolute Gasteiger partial charge is 0.325 e. The number of nitrogens with zero attached hydrogens (tertiary/aromatic N) is 1. The number of benzene rings is 2. The molecule has 0 fully saturated rings. The number of aromatic nitrogens is 1. The average molecular weight is 340 g/mol. The second kappa shape index (κ2) is 6.86. The molecule has 5 nitrogen and oxygen atoms in total. The molecule has 0 aliphatic heterocycles. The third kappa shape index (κ3) is 3.38. The van der Waals surface area contributed by atoms with Gasteiger partial charge in [-0.2, -0.15) is 0 Å². The van der Waals surface area contributed by atoms with E-state index in [2.05, 4.69) is 34.1 Å². The first kappa shape index (κ1) is 17.5. The molecule has 0 spiro atoms. The van der Waals surface area contributed by atoms with E-state index in [1.54, 1.807) is 13.8 Å². The Hall–Kier alpha value is -2.37. The molecule has 132 valence electrons. The molecule has 0 radical (unpaired) electrons. The minimum Gasteiger partial charge on any atom is -0.468 e. The molecular formula is C20H24N2O3. The number of β-amino-alcohol motifs (C(OH)–C–C–N with tert-alkyl or cyclic N) is 1. The fourth-order valence-electron chi connectivity index (χ4n) is 3.18. The maximum atomic E-state index is 11.7. The van der Waals surface area contributed by atoms with Crippen molar-refractivity contribution >= 4 is 27.8 Å². The maximum absolute atomic E-state index is 11.7. The lowest BCUT2D eigenvalue weighted by Crippen LogP contribution is -2.50. The summed E-state index contributed by atoms with van der Waals surface area (Å²) in [4.78, 5) is 11.7. The number of esters is 1. The summed E-state index contributed by atoms with van der Waals surface area (Å²) in [5, 5.41) is 16.0. The van der Waals surface area contributed by atoms with E-state index in [1.165, 1.54) is 17.9 Å². The van der Waals surface area contributed by atoms with Crippen LogP contribution in [-0.4, -0.2) is 40.9 Å². The van der Waals surface area contributed by atoms with E-state index in [0.717, 1.165) is 11.0 Å². The number of rotatable bonds is 6. The molecule has 2 N–H and O–H groups in total. The van der Waals surface area contributed by atoms with Crippen LogP contribution in [0.15, 0.2) is 48.5 Å². The standard InChI is InChI=1S/C20H24N2O3/c1-20(2,19(24)25-3)21-12-14(23)13-22-17-10-6-4-8-15(17)16-9-5-7-11-18(16)22/h4-11,14,21,23H,12-13H2,1-3H3. The van der Waals surface area contributed by atoms with E-state index in [4.69, 9.17) is 4.74 Å². The lowest BCUT2D eigenvalue weighted by atomic mass is 10.1. The zero-order chi connectivity index (χ0) is 18.0. The number of hydrogen-bond donors (Lipinski definition) is 2. The number of fused-ring (bicyclic) bond motifs is 3. The van der Waals surface area contributed by atoms with E-state index in [9.17, 15) is 9.90 Å². The number of aliphatic hydroxyl groups is 1. The lowest BCUT2D eigenvalue weighted by Gasteiger charge is -2.25. The molecule has 0 saturated carbocycles. The molecule has 5 heteroatoms. The zero-order valence-corrected chi connectivity index (χ0v) is 14.8. The molecule has 0 bridgehead atoms. The highest BCUT2D eigenvalue weighted by Gasteiger charge is 2.28. The average Bonchev–Trinajstić information content (AvgIpc) is 2.94. The minimum atomic E-state index is -0.837. The molecule has 0 aliphatic carbocycles. The summed E-state index contributed by atoms with van der Waals surface area (Å²) in [7, 11) is 1.36. The third-order valence-electron chi connectivity index (χ3n) is 4.55. The molecule has 3 aromatic rings. The summed E-state index contributed by atoms with van der Waals surface area (Å²) in [6.45, 7) is 4.22. The second-order valence-corrected chi connectivity index (χ2v) is 6.80. The number of carbonyl (C=O) groups is 1. The van der Waals surface area contributed by atoms with Crippen molar-refractivity contribution in [1.29, 1.82) is 0 Å². The van der Waals surface area contributed by atoms with Gasteiger partial charge in [0.1, 0.15) is 5.54 Å². The highest BCUT2D eigenvalue weighted by Crippen LogP contribution is 2.28. The van der Waals surface area contributed by atoms with Gasteiger partial charge in [0.15, 0.2) is 0 Å². The molecule has 25 heavy (non-hydrogen) atoms. The van der Waals surface area contributed by atoms with E-state index < -0.39 is 11.6 Å². The molecule has 1 aromatic heterocycles. The van der Waals surface area contributed by atoms with Crippen LogP contribution in [0.4, 0.5) is 0 Å². The van der Waals surface area contributed by atoms with Gasteiger partial charge in [0.25, 0.3) is 0 Å². The van der Waals surface area contributed by atoms with Gasteiger partial charge in [-0.15, -0.1) is 0 Å². The van der Waals surface area contributed by atoms with Crippen LogP contribution in [0.3, 0.4) is 0 Å². The topological polar surface area (TPSA) is 63.5 Å². The second-order valence-electron chi connectivity index (χ2n) is 6.80. The molecule has 3 rings (SSSR count). The number of ether oxygens (including phenoxy) is 1. The largest absolute Gasteiger partial charge is 0.468 e. The van der Waals surface area contributed by atoms with Gasteiger partial charge in [-0.1, -0.05) is 36.4 Å². The summed E-state index contributed by atoms with van der Waals surface area (Å²) < 4.78 is 6.91. The van der Waals surface area contributed by atoms with Crippen LogP contribution in [0.1, 0.15) is 13.8 Å². The van der Waals surface area contributed by atoms with Crippen LogP contribution in [0.25, 0.3) is 21.8 Å². The van der Waals surface area contributed by atoms with Crippen molar-refractivity contribution in [1.82, 2.24) is 9.88 Å². The number of nitrogens with one attached hydrogen (secondary N) is 1. The van der Waals surface area contributed by atoms with Crippen molar-refractivity contribution in [2.75, 3.05) is 13.7 Å². The van der Waals surface area contributed by atoms with E-state index in [1.807, 2.05) is 24.3 Å². The summed E-state index contributed by atoms with van der Waals surface area (Å²) in [5.74, 6) is -0.350. The van der Waals surface area contributed by atoms with Crippen LogP contribution in [0.5, 0.6) is 0 Å². The van der Waals surface area contributed by atoms with Gasteiger partial charge in [-0.05, 0) is 26.0 Å². The highest BCUT2D eigenvalue weighted by molar-refractivity contribution is 6.07. The summed E-state index contributed by atoms with van der Waals surface area (Å²) in [5.41, 5.74) is 1.35. The van der Waals surface area contributed by atoms with Gasteiger partial charge in [-0.3, -0.25) is 10.1 Å². The van der Waals surface area contributed by atoms with Gasteiger partial charge in [0.2, 0.25) is 0 Å². The molecule has 2 aromatic carbocycles. The Kier molecular flexibility index (Phi) is 4.79. The summed E-state index contributed by atoms with van der Waals surface area (Å²) in [6.07, 6.45) is -0.636. The Morgan fingerprint density at radius 3 is 2.16 bits per heavy atom. The van der Waals surface area contributed by atoms with E-state index >= 15 is 0 Å². The Labute approximate surface area is 147 Å². The lowest BCUT2D eigenvalue weighted by molar-refractivity contribution is -0.147. The predicted molar refractivity (Wildman–Crippen MR) is 99.5 cm³/mol. The monoisotopic (exact) mass is 340 g/mol. The fourth-order valence-corrected chi connectivity index (χ4v) is 3.18. The SMILES string of the molecule is COC(=O)C(C)(C)NCC(O)Cn1c2ccccc2c2ccccc21. The number of methoxy groups -OCH3 is 1. The van der Waals surface area contributed by atoms with Crippen LogP contribution < -0.4 is 5.32 Å². The molecule has 1 atom stereocenters. The first-order chi connectivity index (χ1) is 11.9. The first-order valence-corrected chi connectivity index (χ1v) is 8.41. The fraction of sp³-hybridized carbons (Fsp3) is 0.350. The Balaban J connectivity index is 1.84. The van der Waals surface area contributed by atoms with Crippen LogP contribution in [0, 0.1) is 0 Å². The highest BCUT2D eigenvalue weighted by atomic mass is 16.5. The minimum absolute atomic E-state index is 0.295. The van der Waals surface area contributed by atoms with Gasteiger partial charge in [0.05, 0.1) is 19.8 Å². The molecular weight excluding hydrogens is 316 g/mol. The van der Waals surface area contributed by atoms with Crippen molar-refractivity contribution in [3.8, 4) is 0 Å². The van der Waals surface area contributed by atoms with Crippen molar-refractivity contribution < 1.29 is 14.6 Å². The van der Waals surface area contributed by atoms with Gasteiger partial charge in [0, 0.05) is 28.4 Å². The van der Waals surface area contributed by atoms with E-state index in [-0.39, 0.29) is 5.97 Å². The number of hydrogen-bond acceptors (Lipinski definition) is 4. The third-order valence-corrected chi connectivity index (χ3v) is 4.55. The molecule has 0 amide bonds. The number of para-hydroxylation sites is 2. The quantitative estimate of drug-likeness (QED) is 0.677. The number of carbonyl (C=O) groups excluding carboxylic acids is 1. The Bertz CT molecular complexity index is 845. The molecule has 0 aliphatic rings. The van der Waals surface area contributed by atoms with Crippen LogP contribution in [-0.2, 0) is 16.1 Å². The van der Waals surface area contributed by atoms with Crippen molar-refractivity contribution in [2.24, 2.45) is 0 Å². The van der Waals surface area contributed by atoms with Crippen molar-refractivity contribution in [3.63, 3.8) is 0 Å². The first-order valence-electron chi connectivity index (χ1n) is 8.41. The van der Waals surface area contributed by atoms with Crippen molar-refractivity contribution in [2.45, 2.75) is 32.0 Å². The van der Waals surface area contributed by atoms with Crippen LogP contribution in [0.2, 0.25) is 0 Å². The number of aliphatic hydroxyl groups excluding tert-OH is 1. The summed E-state index contributed by atoms with van der Waals surface area (Å²) in [6, 6.07) is 16.4. The molecule has 1 heterocycles. The van der Waals surface area contributed by atoms with Gasteiger partial charge in [-0.25, -0.2) is 0 Å². The van der Waals surface area contributed by atoms with Gasteiger partial charge < -0.3 is 14.4 Å². The maximum Gasteiger partial charge on any atom is 0.325 e.